The normalized spacial score (nSPS) is 9.40. The van der Waals surface area contributed by atoms with E-state index in [1.54, 1.807) is 6.92 Å². The molecular weight excluding hydrogens is 248 g/mol. The predicted octanol–water partition coefficient (Wildman–Crippen LogP) is 4.47. The quantitative estimate of drug-likeness (QED) is 0.541. The molecule has 0 heterocycles. The van der Waals surface area contributed by atoms with Crippen molar-refractivity contribution in [1.29, 1.82) is 10.5 Å². The minimum atomic E-state index is 0.151. The van der Waals surface area contributed by atoms with E-state index in [1.807, 2.05) is 36.4 Å². The fourth-order valence-corrected chi connectivity index (χ4v) is 1.86. The monoisotopic (exact) mass is 268 g/mol. The van der Waals surface area contributed by atoms with Gasteiger partial charge in [0.2, 0.25) is 0 Å². The van der Waals surface area contributed by atoms with E-state index in [0.717, 1.165) is 24.3 Å². The molecule has 0 aromatic heterocycles. The lowest BCUT2D eigenvalue weighted by Gasteiger charge is -2.07. The van der Waals surface area contributed by atoms with Crippen LogP contribution in [0.15, 0.2) is 29.8 Å². The molecule has 0 amide bonds. The van der Waals surface area contributed by atoms with Crippen molar-refractivity contribution >= 4 is 5.57 Å². The van der Waals surface area contributed by atoms with E-state index >= 15 is 0 Å². The number of hydrogen-bond acceptors (Lipinski definition) is 3. The Bertz CT molecular complexity index is 514. The van der Waals surface area contributed by atoms with Gasteiger partial charge in [-0.05, 0) is 36.6 Å². The van der Waals surface area contributed by atoms with Gasteiger partial charge in [0, 0.05) is 0 Å². The second kappa shape index (κ2) is 8.77. The molecule has 0 aliphatic rings. The molecule has 0 aliphatic heterocycles. The fraction of sp³-hybridized carbons (Fsp3) is 0.412. The molecule has 0 fully saturated rings. The lowest BCUT2D eigenvalue weighted by molar-refractivity contribution is 0.305. The molecule has 0 spiro atoms. The van der Waals surface area contributed by atoms with Crippen molar-refractivity contribution in [3.63, 3.8) is 0 Å². The number of rotatable bonds is 7. The van der Waals surface area contributed by atoms with Gasteiger partial charge in [0.15, 0.2) is 0 Å². The van der Waals surface area contributed by atoms with Crippen molar-refractivity contribution in [2.45, 2.75) is 39.5 Å². The molecule has 1 aromatic rings. The van der Waals surface area contributed by atoms with E-state index in [-0.39, 0.29) is 5.57 Å². The maximum Gasteiger partial charge on any atom is 0.133 e. The first-order valence-corrected chi connectivity index (χ1v) is 6.97. The lowest BCUT2D eigenvalue weighted by Crippen LogP contribution is -1.97. The van der Waals surface area contributed by atoms with E-state index in [1.165, 1.54) is 19.3 Å². The molecule has 0 radical (unpaired) electrons. The van der Waals surface area contributed by atoms with Crippen LogP contribution in [0.2, 0.25) is 0 Å². The molecule has 1 aromatic carbocycles. The average Bonchev–Trinajstić information content (AvgIpc) is 2.49. The summed E-state index contributed by atoms with van der Waals surface area (Å²) in [7, 11) is 0. The number of benzene rings is 1. The average molecular weight is 268 g/mol. The third kappa shape index (κ3) is 4.78. The molecule has 1 rings (SSSR count). The minimum absolute atomic E-state index is 0.151. The van der Waals surface area contributed by atoms with Gasteiger partial charge in [-0.25, -0.2) is 0 Å². The van der Waals surface area contributed by atoms with Crippen LogP contribution in [0.1, 0.15) is 45.1 Å². The number of hydrogen-bond donors (Lipinski definition) is 0. The lowest BCUT2D eigenvalue weighted by atomic mass is 10.0. The van der Waals surface area contributed by atoms with Crippen LogP contribution in [-0.2, 0) is 0 Å². The summed E-state index contributed by atoms with van der Waals surface area (Å²) in [5.74, 6) is 0.827. The van der Waals surface area contributed by atoms with Gasteiger partial charge in [0.05, 0.1) is 6.61 Å². The van der Waals surface area contributed by atoms with Crippen LogP contribution < -0.4 is 4.74 Å². The van der Waals surface area contributed by atoms with Crippen LogP contribution in [0.5, 0.6) is 5.75 Å². The van der Waals surface area contributed by atoms with Gasteiger partial charge < -0.3 is 4.74 Å². The Labute approximate surface area is 121 Å². The first kappa shape index (κ1) is 15.8. The highest BCUT2D eigenvalue weighted by Crippen LogP contribution is 2.21. The zero-order chi connectivity index (χ0) is 14.8. The Morgan fingerprint density at radius 3 is 2.25 bits per heavy atom. The molecule has 0 unspecified atom stereocenters. The maximum absolute atomic E-state index is 8.84. The van der Waals surface area contributed by atoms with Crippen molar-refractivity contribution < 1.29 is 4.74 Å². The van der Waals surface area contributed by atoms with Gasteiger partial charge in [0.25, 0.3) is 0 Å². The van der Waals surface area contributed by atoms with E-state index in [0.29, 0.717) is 5.57 Å². The van der Waals surface area contributed by atoms with Gasteiger partial charge in [-0.1, -0.05) is 38.3 Å². The van der Waals surface area contributed by atoms with Crippen LogP contribution in [0.3, 0.4) is 0 Å². The first-order chi connectivity index (χ1) is 9.72. The standard InChI is InChI=1S/C17H20N2O/c1-3-4-5-6-11-20-17-9-7-15(8-10-17)14(2)16(12-18)13-19/h7-10H,3-6,11H2,1-2H3. The molecule has 3 nitrogen and oxygen atoms in total. The van der Waals surface area contributed by atoms with Gasteiger partial charge in [0.1, 0.15) is 23.5 Å². The molecule has 0 aliphatic carbocycles. The van der Waals surface area contributed by atoms with Crippen LogP contribution >= 0.6 is 0 Å². The Morgan fingerprint density at radius 2 is 1.70 bits per heavy atom. The van der Waals surface area contributed by atoms with Crippen molar-refractivity contribution in [3.8, 4) is 17.9 Å². The van der Waals surface area contributed by atoms with Gasteiger partial charge >= 0.3 is 0 Å². The molecule has 0 saturated heterocycles. The van der Waals surface area contributed by atoms with Crippen LogP contribution in [0.4, 0.5) is 0 Å². The predicted molar refractivity (Wildman–Crippen MR) is 79.9 cm³/mol. The summed E-state index contributed by atoms with van der Waals surface area (Å²) in [5, 5.41) is 17.7. The highest BCUT2D eigenvalue weighted by molar-refractivity contribution is 5.73. The van der Waals surface area contributed by atoms with Crippen molar-refractivity contribution in [2.75, 3.05) is 6.61 Å². The van der Waals surface area contributed by atoms with Gasteiger partial charge in [-0.2, -0.15) is 10.5 Å². The van der Waals surface area contributed by atoms with E-state index in [9.17, 15) is 0 Å². The minimum Gasteiger partial charge on any atom is -0.494 e. The van der Waals surface area contributed by atoms with E-state index in [4.69, 9.17) is 15.3 Å². The molecule has 0 saturated carbocycles. The van der Waals surface area contributed by atoms with Gasteiger partial charge in [-0.3, -0.25) is 0 Å². The summed E-state index contributed by atoms with van der Waals surface area (Å²) in [6, 6.07) is 11.3. The molecule has 0 atom stereocenters. The first-order valence-electron chi connectivity index (χ1n) is 6.97. The molecule has 0 bridgehead atoms. The molecule has 104 valence electrons. The van der Waals surface area contributed by atoms with Crippen molar-refractivity contribution in [1.82, 2.24) is 0 Å². The summed E-state index contributed by atoms with van der Waals surface area (Å²) in [4.78, 5) is 0. The summed E-state index contributed by atoms with van der Waals surface area (Å²) in [6.07, 6.45) is 4.74. The number of nitriles is 2. The van der Waals surface area contributed by atoms with E-state index in [2.05, 4.69) is 6.92 Å². The fourth-order valence-electron chi connectivity index (χ4n) is 1.86. The highest BCUT2D eigenvalue weighted by atomic mass is 16.5. The molecule has 0 N–H and O–H groups in total. The van der Waals surface area contributed by atoms with Crippen molar-refractivity contribution in [2.24, 2.45) is 0 Å². The van der Waals surface area contributed by atoms with Crippen LogP contribution in [0.25, 0.3) is 5.57 Å². The maximum atomic E-state index is 8.84. The number of ether oxygens (including phenoxy) is 1. The second-order valence-electron chi connectivity index (χ2n) is 4.66. The Balaban J connectivity index is 2.60. The largest absolute Gasteiger partial charge is 0.494 e. The molecule has 3 heteroatoms. The zero-order valence-corrected chi connectivity index (χ0v) is 12.1. The number of nitrogens with zero attached hydrogens (tertiary/aromatic N) is 2. The van der Waals surface area contributed by atoms with Gasteiger partial charge in [-0.15, -0.1) is 0 Å². The number of unbranched alkanes of at least 4 members (excludes halogenated alkanes) is 3. The third-order valence-electron chi connectivity index (χ3n) is 3.15. The third-order valence-corrected chi connectivity index (χ3v) is 3.15. The highest BCUT2D eigenvalue weighted by Gasteiger charge is 2.04. The van der Waals surface area contributed by atoms with E-state index < -0.39 is 0 Å². The van der Waals surface area contributed by atoms with Crippen molar-refractivity contribution in [3.05, 3.63) is 35.4 Å². The summed E-state index contributed by atoms with van der Waals surface area (Å²) >= 11 is 0. The topological polar surface area (TPSA) is 56.8 Å². The van der Waals surface area contributed by atoms with Crippen LogP contribution in [-0.4, -0.2) is 6.61 Å². The summed E-state index contributed by atoms with van der Waals surface area (Å²) in [5.41, 5.74) is 1.73. The Morgan fingerprint density at radius 1 is 1.05 bits per heavy atom. The Kier molecular flexibility index (Phi) is 6.93. The summed E-state index contributed by atoms with van der Waals surface area (Å²) in [6.45, 7) is 4.70. The summed E-state index contributed by atoms with van der Waals surface area (Å²) < 4.78 is 5.65. The molecule has 20 heavy (non-hydrogen) atoms. The number of allylic oxidation sites excluding steroid dienone is 2. The Hall–Kier alpha value is -2.26. The smallest absolute Gasteiger partial charge is 0.133 e. The SMILES string of the molecule is CCCCCCOc1ccc(C(C)=C(C#N)C#N)cc1. The zero-order valence-electron chi connectivity index (χ0n) is 12.1. The second-order valence-corrected chi connectivity index (χ2v) is 4.66. The van der Waals surface area contributed by atoms with Crippen LogP contribution in [0, 0.1) is 22.7 Å². The molecular formula is C17H20N2O.